The molecule has 2 aromatic rings. The van der Waals surface area contributed by atoms with E-state index in [2.05, 4.69) is 19.9 Å². The average Bonchev–Trinajstić information content (AvgIpc) is 3.36. The summed E-state index contributed by atoms with van der Waals surface area (Å²) in [6.07, 6.45) is 3.87. The molecule has 5 unspecified atom stereocenters. The number of carbonyl (C=O) groups is 1. The van der Waals surface area contributed by atoms with E-state index in [9.17, 15) is 4.79 Å². The molecule has 0 N–H and O–H groups in total. The molecule has 5 heteroatoms. The molecule has 5 atom stereocenters. The van der Waals surface area contributed by atoms with E-state index in [1.165, 1.54) is 0 Å². The van der Waals surface area contributed by atoms with Crippen LogP contribution in [0.3, 0.4) is 0 Å². The lowest BCUT2D eigenvalue weighted by Gasteiger charge is -2.33. The number of carbonyl (C=O) groups excluding carboxylic acids is 1. The molecular formula is C20H20O5. The fraction of sp³-hybridized carbons (Fsp3) is 0.450. The zero-order valence-corrected chi connectivity index (χ0v) is 14.2. The number of cyclic esters (lactones) is 1. The highest BCUT2D eigenvalue weighted by molar-refractivity contribution is 5.93. The molecule has 0 radical (unpaired) electrons. The van der Waals surface area contributed by atoms with E-state index in [1.807, 2.05) is 18.2 Å². The molecule has 2 fully saturated rings. The first kappa shape index (κ1) is 15.2. The minimum absolute atomic E-state index is 0.0763. The van der Waals surface area contributed by atoms with Gasteiger partial charge in [-0.1, -0.05) is 19.1 Å². The molecule has 1 aromatic heterocycles. The summed E-state index contributed by atoms with van der Waals surface area (Å²) in [4.78, 5) is 12.0. The van der Waals surface area contributed by atoms with Crippen molar-refractivity contribution in [1.29, 1.82) is 0 Å². The summed E-state index contributed by atoms with van der Waals surface area (Å²) in [6, 6.07) is 7.82. The second kappa shape index (κ2) is 5.19. The second-order valence-corrected chi connectivity index (χ2v) is 7.30. The van der Waals surface area contributed by atoms with E-state index in [4.69, 9.17) is 18.6 Å². The Kier molecular flexibility index (Phi) is 3.15. The standard InChI is InChI=1S/C20H20O5/c1-11-12(2)24-19-20(11,8-17(25-19)13-6-7-22-9-13)16-5-3-4-14-15(16)10-23-18(14)21/h3-7,9,11-12,17,19H,8,10H2,1-2H3. The number of esters is 1. The monoisotopic (exact) mass is 340 g/mol. The lowest BCUT2D eigenvalue weighted by molar-refractivity contribution is -0.140. The van der Waals surface area contributed by atoms with Crippen LogP contribution in [0.4, 0.5) is 0 Å². The molecule has 0 bridgehead atoms. The zero-order valence-electron chi connectivity index (χ0n) is 14.2. The van der Waals surface area contributed by atoms with Gasteiger partial charge in [0, 0.05) is 11.1 Å². The molecule has 3 aliphatic rings. The van der Waals surface area contributed by atoms with Crippen molar-refractivity contribution in [2.24, 2.45) is 5.92 Å². The minimum Gasteiger partial charge on any atom is -0.472 e. The van der Waals surface area contributed by atoms with Crippen LogP contribution in [0.5, 0.6) is 0 Å². The topological polar surface area (TPSA) is 57.9 Å². The van der Waals surface area contributed by atoms with E-state index in [0.717, 1.165) is 23.1 Å². The molecule has 1 aromatic carbocycles. The molecule has 3 aliphatic heterocycles. The van der Waals surface area contributed by atoms with Gasteiger partial charge in [0.25, 0.3) is 0 Å². The van der Waals surface area contributed by atoms with Crippen molar-refractivity contribution in [3.63, 3.8) is 0 Å². The molecule has 5 nitrogen and oxygen atoms in total. The molecule has 25 heavy (non-hydrogen) atoms. The quantitative estimate of drug-likeness (QED) is 0.780. The fourth-order valence-corrected chi connectivity index (χ4v) is 4.73. The molecule has 0 aliphatic carbocycles. The van der Waals surface area contributed by atoms with Crippen molar-refractivity contribution in [3.8, 4) is 0 Å². The van der Waals surface area contributed by atoms with E-state index in [0.29, 0.717) is 12.2 Å². The predicted molar refractivity (Wildman–Crippen MR) is 87.9 cm³/mol. The van der Waals surface area contributed by atoms with Gasteiger partial charge < -0.3 is 18.6 Å². The third kappa shape index (κ3) is 1.94. The predicted octanol–water partition coefficient (Wildman–Crippen LogP) is 3.73. The molecule has 130 valence electrons. The number of fused-ring (bicyclic) bond motifs is 2. The van der Waals surface area contributed by atoms with E-state index < -0.39 is 0 Å². The number of hydrogen-bond acceptors (Lipinski definition) is 5. The Morgan fingerprint density at radius 1 is 1.16 bits per heavy atom. The normalized spacial score (nSPS) is 36.3. The number of furan rings is 1. The number of rotatable bonds is 2. The number of hydrogen-bond donors (Lipinski definition) is 0. The van der Waals surface area contributed by atoms with Crippen LogP contribution in [-0.2, 0) is 26.2 Å². The summed E-state index contributed by atoms with van der Waals surface area (Å²) in [7, 11) is 0. The molecule has 5 rings (SSSR count). The highest BCUT2D eigenvalue weighted by Gasteiger charge is 2.61. The lowest BCUT2D eigenvalue weighted by Crippen LogP contribution is -2.37. The summed E-state index contributed by atoms with van der Waals surface area (Å²) < 4.78 is 23.0. The van der Waals surface area contributed by atoms with Gasteiger partial charge in [0.15, 0.2) is 6.29 Å². The Hall–Kier alpha value is -2.11. The zero-order chi connectivity index (χ0) is 17.2. The summed E-state index contributed by atoms with van der Waals surface area (Å²) in [5.74, 6) is 0.0197. The first-order valence-corrected chi connectivity index (χ1v) is 8.74. The molecule has 2 saturated heterocycles. The average molecular weight is 340 g/mol. The molecule has 0 amide bonds. The van der Waals surface area contributed by atoms with Gasteiger partial charge in [-0.05, 0) is 37.0 Å². The van der Waals surface area contributed by atoms with Crippen molar-refractivity contribution in [2.75, 3.05) is 0 Å². The highest BCUT2D eigenvalue weighted by Crippen LogP contribution is 2.58. The smallest absolute Gasteiger partial charge is 0.338 e. The van der Waals surface area contributed by atoms with E-state index in [1.54, 1.807) is 12.5 Å². The van der Waals surface area contributed by atoms with Gasteiger partial charge in [-0.25, -0.2) is 4.79 Å². The summed E-state index contributed by atoms with van der Waals surface area (Å²) >= 11 is 0. The molecule has 4 heterocycles. The number of ether oxygens (including phenoxy) is 3. The van der Waals surface area contributed by atoms with Crippen LogP contribution >= 0.6 is 0 Å². The molecule has 0 spiro atoms. The molecular weight excluding hydrogens is 320 g/mol. The summed E-state index contributed by atoms with van der Waals surface area (Å²) in [5.41, 5.74) is 3.52. The second-order valence-electron chi connectivity index (χ2n) is 7.30. The third-order valence-electron chi connectivity index (χ3n) is 6.25. The van der Waals surface area contributed by atoms with Gasteiger partial charge in [0.2, 0.25) is 0 Å². The maximum absolute atomic E-state index is 12.0. The first-order valence-electron chi connectivity index (χ1n) is 8.74. The van der Waals surface area contributed by atoms with Crippen molar-refractivity contribution in [1.82, 2.24) is 0 Å². The van der Waals surface area contributed by atoms with Crippen LogP contribution in [-0.4, -0.2) is 18.4 Å². The Labute approximate surface area is 145 Å². The Morgan fingerprint density at radius 2 is 2.04 bits per heavy atom. The van der Waals surface area contributed by atoms with Gasteiger partial charge in [-0.15, -0.1) is 0 Å². The SMILES string of the molecule is CC1OC2OC(c3ccoc3)CC2(c2cccc3c2COC3=O)C1C. The fourth-order valence-electron chi connectivity index (χ4n) is 4.73. The van der Waals surface area contributed by atoms with Gasteiger partial charge in [0.1, 0.15) is 6.61 Å². The van der Waals surface area contributed by atoms with Crippen LogP contribution in [0.2, 0.25) is 0 Å². The van der Waals surface area contributed by atoms with Crippen molar-refractivity contribution in [3.05, 3.63) is 59.0 Å². The van der Waals surface area contributed by atoms with Crippen LogP contribution in [0.15, 0.2) is 41.2 Å². The largest absolute Gasteiger partial charge is 0.472 e. The summed E-state index contributed by atoms with van der Waals surface area (Å²) in [5, 5.41) is 0. The first-order chi connectivity index (χ1) is 12.1. The van der Waals surface area contributed by atoms with Crippen molar-refractivity contribution >= 4 is 5.97 Å². The number of benzene rings is 1. The van der Waals surface area contributed by atoms with Crippen molar-refractivity contribution in [2.45, 2.75) is 50.8 Å². The van der Waals surface area contributed by atoms with E-state index >= 15 is 0 Å². The maximum atomic E-state index is 12.0. The Morgan fingerprint density at radius 3 is 2.84 bits per heavy atom. The van der Waals surface area contributed by atoms with Gasteiger partial charge in [-0.3, -0.25) is 0 Å². The van der Waals surface area contributed by atoms with Gasteiger partial charge >= 0.3 is 5.97 Å². The summed E-state index contributed by atoms with van der Waals surface area (Å²) in [6.45, 7) is 4.63. The van der Waals surface area contributed by atoms with Crippen LogP contribution < -0.4 is 0 Å². The van der Waals surface area contributed by atoms with Crippen LogP contribution in [0.1, 0.15) is 53.4 Å². The van der Waals surface area contributed by atoms with Crippen LogP contribution in [0, 0.1) is 5.92 Å². The lowest BCUT2D eigenvalue weighted by atomic mass is 9.66. The maximum Gasteiger partial charge on any atom is 0.338 e. The molecule has 0 saturated carbocycles. The Balaban J connectivity index is 1.65. The minimum atomic E-state index is -0.334. The van der Waals surface area contributed by atoms with E-state index in [-0.39, 0.29) is 35.8 Å². The highest BCUT2D eigenvalue weighted by atomic mass is 16.7. The van der Waals surface area contributed by atoms with Crippen molar-refractivity contribution < 1.29 is 23.4 Å². The van der Waals surface area contributed by atoms with Gasteiger partial charge in [0.05, 0.1) is 35.7 Å². The third-order valence-corrected chi connectivity index (χ3v) is 6.25. The van der Waals surface area contributed by atoms with Crippen LogP contribution in [0.25, 0.3) is 0 Å². The Bertz CT molecular complexity index is 827. The van der Waals surface area contributed by atoms with Gasteiger partial charge in [-0.2, -0.15) is 0 Å².